The Kier molecular flexibility index (Phi) is 4.55. The van der Waals surface area contributed by atoms with Crippen LogP contribution in [0.2, 0.25) is 0 Å². The van der Waals surface area contributed by atoms with E-state index in [9.17, 15) is 9.59 Å². The van der Waals surface area contributed by atoms with Gasteiger partial charge in [-0.2, -0.15) is 0 Å². The molecule has 4 heterocycles. The SMILES string of the molecule is O=C1OC2(CCNC2)c2ccnc(C(=O)C3(c4ccc(OCc5ccncc5)cc4)CC3)c21. The molecule has 2 aromatic heterocycles. The third-order valence-corrected chi connectivity index (χ3v) is 7.01. The van der Waals surface area contributed by atoms with E-state index in [0.29, 0.717) is 25.1 Å². The first kappa shape index (κ1) is 20.1. The number of pyridine rings is 2. The molecule has 3 aliphatic rings. The number of ether oxygens (including phenoxy) is 2. The van der Waals surface area contributed by atoms with E-state index in [0.717, 1.165) is 41.8 Å². The van der Waals surface area contributed by atoms with Crippen LogP contribution < -0.4 is 10.1 Å². The van der Waals surface area contributed by atoms with Crippen LogP contribution >= 0.6 is 0 Å². The Bertz CT molecular complexity index is 1230. The van der Waals surface area contributed by atoms with Crippen molar-refractivity contribution in [3.05, 3.63) is 89.0 Å². The van der Waals surface area contributed by atoms with Crippen LogP contribution in [0.25, 0.3) is 0 Å². The van der Waals surface area contributed by atoms with Crippen molar-refractivity contribution in [2.75, 3.05) is 13.1 Å². The van der Waals surface area contributed by atoms with E-state index in [2.05, 4.69) is 15.3 Å². The predicted octanol–water partition coefficient (Wildman–Crippen LogP) is 3.33. The molecule has 1 aromatic carbocycles. The first-order chi connectivity index (χ1) is 16.1. The van der Waals surface area contributed by atoms with Gasteiger partial charge in [0, 0.05) is 37.1 Å². The highest BCUT2D eigenvalue weighted by Gasteiger charge is 2.55. The molecular weight excluding hydrogens is 418 g/mol. The summed E-state index contributed by atoms with van der Waals surface area (Å²) in [6, 6.07) is 13.3. The lowest BCUT2D eigenvalue weighted by atomic mass is 9.85. The summed E-state index contributed by atoms with van der Waals surface area (Å²) in [5.74, 6) is 0.183. The van der Waals surface area contributed by atoms with Gasteiger partial charge in [-0.15, -0.1) is 0 Å². The van der Waals surface area contributed by atoms with Gasteiger partial charge in [-0.05, 0) is 60.8 Å². The average Bonchev–Trinajstić information content (AvgIpc) is 3.45. The van der Waals surface area contributed by atoms with Gasteiger partial charge in [0.15, 0.2) is 11.4 Å². The number of rotatable bonds is 6. The highest BCUT2D eigenvalue weighted by Crippen LogP contribution is 2.52. The molecule has 1 aliphatic carbocycles. The Hall–Kier alpha value is -3.58. The maximum Gasteiger partial charge on any atom is 0.341 e. The summed E-state index contributed by atoms with van der Waals surface area (Å²) in [6.45, 7) is 1.79. The van der Waals surface area contributed by atoms with Gasteiger partial charge in [0.25, 0.3) is 0 Å². The molecular formula is C26H23N3O4. The number of Topliss-reactive ketones (excluding diaryl/α,β-unsaturated/α-hetero) is 1. The Morgan fingerprint density at radius 2 is 1.82 bits per heavy atom. The third-order valence-electron chi connectivity index (χ3n) is 7.01. The predicted molar refractivity (Wildman–Crippen MR) is 119 cm³/mol. The van der Waals surface area contributed by atoms with Gasteiger partial charge in [0.2, 0.25) is 0 Å². The number of nitrogens with one attached hydrogen (secondary N) is 1. The summed E-state index contributed by atoms with van der Waals surface area (Å²) in [4.78, 5) is 34.9. The van der Waals surface area contributed by atoms with E-state index in [-0.39, 0.29) is 11.5 Å². The normalized spacial score (nSPS) is 22.1. The van der Waals surface area contributed by atoms with Crippen molar-refractivity contribution in [2.24, 2.45) is 0 Å². The Morgan fingerprint density at radius 3 is 2.52 bits per heavy atom. The number of ketones is 1. The molecule has 1 unspecified atom stereocenters. The van der Waals surface area contributed by atoms with E-state index >= 15 is 0 Å². The van der Waals surface area contributed by atoms with Crippen LogP contribution in [0.4, 0.5) is 0 Å². The van der Waals surface area contributed by atoms with Crippen molar-refractivity contribution < 1.29 is 19.1 Å². The van der Waals surface area contributed by atoms with E-state index in [1.54, 1.807) is 18.6 Å². The molecule has 6 rings (SSSR count). The lowest BCUT2D eigenvalue weighted by molar-refractivity contribution is 0.00158. The molecule has 0 radical (unpaired) electrons. The zero-order chi connectivity index (χ0) is 22.5. The van der Waals surface area contributed by atoms with Crippen molar-refractivity contribution in [1.29, 1.82) is 0 Å². The standard InChI is InChI=1S/C26H23N3O4/c30-23(22-21-20(7-13-29-22)26(33-24(21)31)10-14-28-16-26)25(8-9-25)18-1-3-19(4-2-18)32-15-17-5-11-27-12-6-17/h1-7,11-13,28H,8-10,14-16H2. The monoisotopic (exact) mass is 441 g/mol. The van der Waals surface area contributed by atoms with Gasteiger partial charge < -0.3 is 14.8 Å². The summed E-state index contributed by atoms with van der Waals surface area (Å²) < 4.78 is 11.6. The zero-order valence-corrected chi connectivity index (χ0v) is 18.0. The fourth-order valence-electron chi connectivity index (χ4n) is 5.00. The van der Waals surface area contributed by atoms with Crippen LogP contribution in [0, 0.1) is 0 Å². The molecule has 0 amide bonds. The number of esters is 1. The second kappa shape index (κ2) is 7.49. The first-order valence-corrected chi connectivity index (χ1v) is 11.2. The van der Waals surface area contributed by atoms with Crippen LogP contribution in [-0.4, -0.2) is 34.8 Å². The maximum absolute atomic E-state index is 13.7. The minimum atomic E-state index is -0.672. The van der Waals surface area contributed by atoms with Crippen molar-refractivity contribution in [3.63, 3.8) is 0 Å². The number of aromatic nitrogens is 2. The molecule has 2 aliphatic heterocycles. The van der Waals surface area contributed by atoms with Crippen LogP contribution in [0.1, 0.15) is 56.8 Å². The van der Waals surface area contributed by atoms with E-state index in [1.165, 1.54) is 0 Å². The Balaban J connectivity index is 1.26. The number of carbonyl (C=O) groups excluding carboxylic acids is 2. The number of fused-ring (bicyclic) bond motifs is 2. The number of carbonyl (C=O) groups is 2. The summed E-state index contributed by atoms with van der Waals surface area (Å²) >= 11 is 0. The lowest BCUT2D eigenvalue weighted by Crippen LogP contribution is -2.29. The van der Waals surface area contributed by atoms with Gasteiger partial charge in [-0.1, -0.05) is 12.1 Å². The van der Waals surface area contributed by atoms with Crippen molar-refractivity contribution >= 4 is 11.8 Å². The molecule has 7 nitrogen and oxygen atoms in total. The molecule has 166 valence electrons. The quantitative estimate of drug-likeness (QED) is 0.464. The molecule has 0 bridgehead atoms. The molecule has 2 fully saturated rings. The molecule has 1 saturated heterocycles. The second-order valence-corrected chi connectivity index (χ2v) is 8.97. The summed E-state index contributed by atoms with van der Waals surface area (Å²) in [5, 5.41) is 3.26. The second-order valence-electron chi connectivity index (χ2n) is 8.97. The van der Waals surface area contributed by atoms with Gasteiger partial charge in [-0.25, -0.2) is 4.79 Å². The van der Waals surface area contributed by atoms with Gasteiger partial charge in [0.1, 0.15) is 18.1 Å². The molecule has 1 saturated carbocycles. The number of benzene rings is 1. The van der Waals surface area contributed by atoms with Crippen molar-refractivity contribution in [2.45, 2.75) is 36.9 Å². The molecule has 7 heteroatoms. The molecule has 1 spiro atoms. The van der Waals surface area contributed by atoms with Gasteiger partial charge in [-0.3, -0.25) is 14.8 Å². The summed E-state index contributed by atoms with van der Waals surface area (Å²) in [5.41, 5.74) is 2.00. The highest BCUT2D eigenvalue weighted by atomic mass is 16.6. The van der Waals surface area contributed by atoms with Crippen LogP contribution in [0.5, 0.6) is 5.75 Å². The zero-order valence-electron chi connectivity index (χ0n) is 18.0. The topological polar surface area (TPSA) is 90.4 Å². The summed E-state index contributed by atoms with van der Waals surface area (Å²) in [6.07, 6.45) is 7.26. The molecule has 33 heavy (non-hydrogen) atoms. The largest absolute Gasteiger partial charge is 0.489 e. The smallest absolute Gasteiger partial charge is 0.341 e. The van der Waals surface area contributed by atoms with Crippen LogP contribution in [0.3, 0.4) is 0 Å². The molecule has 1 N–H and O–H groups in total. The van der Waals surface area contributed by atoms with Gasteiger partial charge >= 0.3 is 5.97 Å². The highest BCUT2D eigenvalue weighted by molar-refractivity contribution is 6.12. The Labute approximate surface area is 191 Å². The fraction of sp³-hybridized carbons (Fsp3) is 0.308. The minimum absolute atomic E-state index is 0.107. The van der Waals surface area contributed by atoms with Gasteiger partial charge in [0.05, 0.1) is 11.0 Å². The fourth-order valence-corrected chi connectivity index (χ4v) is 5.00. The van der Waals surface area contributed by atoms with E-state index in [1.807, 2.05) is 42.5 Å². The third kappa shape index (κ3) is 3.23. The lowest BCUT2D eigenvalue weighted by Gasteiger charge is -2.21. The Morgan fingerprint density at radius 1 is 1.03 bits per heavy atom. The number of nitrogens with zero attached hydrogens (tertiary/aromatic N) is 2. The minimum Gasteiger partial charge on any atom is -0.489 e. The van der Waals surface area contributed by atoms with Crippen LogP contribution in [-0.2, 0) is 22.4 Å². The van der Waals surface area contributed by atoms with Crippen molar-refractivity contribution in [3.8, 4) is 5.75 Å². The average molecular weight is 441 g/mol. The molecule has 3 aromatic rings. The summed E-state index contributed by atoms with van der Waals surface area (Å²) in [7, 11) is 0. The van der Waals surface area contributed by atoms with E-state index in [4.69, 9.17) is 9.47 Å². The van der Waals surface area contributed by atoms with Crippen LogP contribution in [0.15, 0.2) is 61.1 Å². The number of hydrogen-bond acceptors (Lipinski definition) is 7. The maximum atomic E-state index is 13.7. The first-order valence-electron chi connectivity index (χ1n) is 11.2. The van der Waals surface area contributed by atoms with Crippen molar-refractivity contribution in [1.82, 2.24) is 15.3 Å². The van der Waals surface area contributed by atoms with E-state index < -0.39 is 17.0 Å². The molecule has 1 atom stereocenters. The number of hydrogen-bond donors (Lipinski definition) is 1.